The molecule has 0 bridgehead atoms. The van der Waals surface area contributed by atoms with E-state index in [0.29, 0.717) is 15.7 Å². The highest BCUT2D eigenvalue weighted by Gasteiger charge is 2.08. The summed E-state index contributed by atoms with van der Waals surface area (Å²) in [7, 11) is 0. The Kier molecular flexibility index (Phi) is 3.33. The molecule has 94 valence electrons. The van der Waals surface area contributed by atoms with Crippen LogP contribution in [0.1, 0.15) is 5.56 Å². The smallest absolute Gasteiger partial charge is 0.328 e. The summed E-state index contributed by atoms with van der Waals surface area (Å²) in [6.45, 7) is 0.0692. The summed E-state index contributed by atoms with van der Waals surface area (Å²) in [5, 5.41) is 0. The normalized spacial score (nSPS) is 10.6. The predicted molar refractivity (Wildman–Crippen MR) is 68.9 cm³/mol. The highest BCUT2D eigenvalue weighted by atomic mass is 79.9. The van der Waals surface area contributed by atoms with Gasteiger partial charge in [0.1, 0.15) is 0 Å². The van der Waals surface area contributed by atoms with E-state index in [4.69, 9.17) is 5.73 Å². The molecule has 3 N–H and O–H groups in total. The molecule has 2 rings (SSSR count). The second-order valence-electron chi connectivity index (χ2n) is 3.67. The third-order valence-corrected chi connectivity index (χ3v) is 3.19. The number of aromatic nitrogens is 2. The first-order valence-corrected chi connectivity index (χ1v) is 5.80. The van der Waals surface area contributed by atoms with Gasteiger partial charge in [0.25, 0.3) is 5.56 Å². The Morgan fingerprint density at radius 3 is 2.78 bits per heavy atom. The topological polar surface area (TPSA) is 80.9 Å². The zero-order valence-electron chi connectivity index (χ0n) is 9.11. The van der Waals surface area contributed by atoms with E-state index in [1.54, 1.807) is 18.2 Å². The van der Waals surface area contributed by atoms with E-state index in [0.717, 1.165) is 10.8 Å². The Morgan fingerprint density at radius 2 is 2.11 bits per heavy atom. The minimum Gasteiger partial charge on any atom is -0.398 e. The number of halogens is 2. The molecule has 1 aromatic heterocycles. The van der Waals surface area contributed by atoms with Gasteiger partial charge in [-0.05, 0) is 12.1 Å². The Hall–Kier alpha value is -1.89. The van der Waals surface area contributed by atoms with Crippen LogP contribution in [0.5, 0.6) is 0 Å². The molecular formula is C11H9BrFN3O2. The van der Waals surface area contributed by atoms with Gasteiger partial charge in [0.05, 0.1) is 12.7 Å². The Balaban J connectivity index is 2.50. The zero-order valence-corrected chi connectivity index (χ0v) is 10.7. The lowest BCUT2D eigenvalue weighted by Crippen LogP contribution is -2.31. The second-order valence-corrected chi connectivity index (χ2v) is 4.53. The monoisotopic (exact) mass is 313 g/mol. The van der Waals surface area contributed by atoms with Crippen LogP contribution in [0.2, 0.25) is 0 Å². The van der Waals surface area contributed by atoms with Gasteiger partial charge in [-0.2, -0.15) is 4.39 Å². The number of hydrogen-bond acceptors (Lipinski definition) is 3. The molecular weight excluding hydrogens is 305 g/mol. The molecule has 0 unspecified atom stereocenters. The Bertz CT molecular complexity index is 688. The number of H-pyrrole nitrogens is 1. The summed E-state index contributed by atoms with van der Waals surface area (Å²) in [5.74, 6) is -1.01. The van der Waals surface area contributed by atoms with Gasteiger partial charge in [-0.15, -0.1) is 0 Å². The largest absolute Gasteiger partial charge is 0.398 e. The second kappa shape index (κ2) is 4.77. The van der Waals surface area contributed by atoms with E-state index in [2.05, 4.69) is 15.9 Å². The van der Waals surface area contributed by atoms with Crippen molar-refractivity contribution in [1.29, 1.82) is 0 Å². The van der Waals surface area contributed by atoms with Crippen LogP contribution >= 0.6 is 15.9 Å². The summed E-state index contributed by atoms with van der Waals surface area (Å²) < 4.78 is 14.9. The van der Waals surface area contributed by atoms with E-state index in [-0.39, 0.29) is 6.54 Å². The Labute approximate surface area is 109 Å². The van der Waals surface area contributed by atoms with Crippen molar-refractivity contribution in [3.05, 3.63) is 61.1 Å². The molecule has 1 aromatic carbocycles. The minimum atomic E-state index is -1.03. The maximum Gasteiger partial charge on any atom is 0.328 e. The average molecular weight is 314 g/mol. The van der Waals surface area contributed by atoms with Crippen molar-refractivity contribution in [1.82, 2.24) is 9.55 Å². The molecule has 18 heavy (non-hydrogen) atoms. The predicted octanol–water partition coefficient (Wildman–Crippen LogP) is 1.07. The molecule has 0 fully saturated rings. The van der Waals surface area contributed by atoms with Crippen molar-refractivity contribution in [3.8, 4) is 0 Å². The van der Waals surface area contributed by atoms with Crippen LogP contribution < -0.4 is 17.0 Å². The summed E-state index contributed by atoms with van der Waals surface area (Å²) >= 11 is 3.30. The van der Waals surface area contributed by atoms with Crippen molar-refractivity contribution < 1.29 is 4.39 Å². The number of nitrogens with one attached hydrogen (secondary N) is 1. The molecule has 5 nitrogen and oxygen atoms in total. The number of anilines is 1. The number of nitrogens with two attached hydrogens (primary N) is 1. The Morgan fingerprint density at radius 1 is 1.39 bits per heavy atom. The standard InChI is InChI=1S/C11H9BrFN3O2/c12-7-2-1-3-9(14)6(7)4-16-5-8(13)10(17)15-11(16)18/h1-3,5H,4,14H2,(H,15,17,18). The third-order valence-electron chi connectivity index (χ3n) is 2.45. The number of rotatable bonds is 2. The molecule has 0 radical (unpaired) electrons. The average Bonchev–Trinajstić information content (AvgIpc) is 2.30. The van der Waals surface area contributed by atoms with Gasteiger partial charge >= 0.3 is 5.69 Å². The maximum absolute atomic E-state index is 13.1. The lowest BCUT2D eigenvalue weighted by molar-refractivity contribution is 0.566. The first-order chi connectivity index (χ1) is 8.49. The van der Waals surface area contributed by atoms with E-state index in [1.807, 2.05) is 4.98 Å². The van der Waals surface area contributed by atoms with E-state index in [9.17, 15) is 14.0 Å². The van der Waals surface area contributed by atoms with Crippen molar-refractivity contribution >= 4 is 21.6 Å². The molecule has 0 amide bonds. The molecule has 1 heterocycles. The van der Waals surface area contributed by atoms with Crippen molar-refractivity contribution in [2.75, 3.05) is 5.73 Å². The number of nitrogen functional groups attached to an aromatic ring is 1. The fourth-order valence-corrected chi connectivity index (χ4v) is 2.02. The molecule has 0 aliphatic carbocycles. The van der Waals surface area contributed by atoms with E-state index >= 15 is 0 Å². The van der Waals surface area contributed by atoms with Gasteiger partial charge < -0.3 is 5.73 Å². The van der Waals surface area contributed by atoms with Crippen LogP contribution in [-0.2, 0) is 6.54 Å². The van der Waals surface area contributed by atoms with Gasteiger partial charge in [-0.3, -0.25) is 14.3 Å². The summed E-state index contributed by atoms with van der Waals surface area (Å²) in [5.41, 5.74) is 5.18. The fraction of sp³-hybridized carbons (Fsp3) is 0.0909. The number of aromatic amines is 1. The molecule has 0 saturated carbocycles. The molecule has 7 heteroatoms. The van der Waals surface area contributed by atoms with Crippen molar-refractivity contribution in [3.63, 3.8) is 0 Å². The first kappa shape index (κ1) is 12.6. The van der Waals surface area contributed by atoms with Crippen molar-refractivity contribution in [2.24, 2.45) is 0 Å². The lowest BCUT2D eigenvalue weighted by atomic mass is 10.2. The summed E-state index contributed by atoms with van der Waals surface area (Å²) in [6.07, 6.45) is 0.861. The van der Waals surface area contributed by atoms with Crippen LogP contribution in [0.3, 0.4) is 0 Å². The van der Waals surface area contributed by atoms with Crippen LogP contribution in [0, 0.1) is 5.82 Å². The first-order valence-electron chi connectivity index (χ1n) is 5.01. The fourth-order valence-electron chi connectivity index (χ4n) is 1.51. The maximum atomic E-state index is 13.1. The minimum absolute atomic E-state index is 0.0692. The zero-order chi connectivity index (χ0) is 13.3. The highest BCUT2D eigenvalue weighted by molar-refractivity contribution is 9.10. The SMILES string of the molecule is Nc1cccc(Br)c1Cn1cc(F)c(=O)[nH]c1=O. The third kappa shape index (κ3) is 2.35. The van der Waals surface area contributed by atoms with Gasteiger partial charge in [-0.1, -0.05) is 22.0 Å². The van der Waals surface area contributed by atoms with Gasteiger partial charge in [0, 0.05) is 15.7 Å². The number of hydrogen-bond donors (Lipinski definition) is 2. The van der Waals surface area contributed by atoms with Crippen LogP contribution in [0.25, 0.3) is 0 Å². The van der Waals surface area contributed by atoms with Gasteiger partial charge in [-0.25, -0.2) is 4.79 Å². The van der Waals surface area contributed by atoms with Crippen LogP contribution in [-0.4, -0.2) is 9.55 Å². The molecule has 0 aliphatic rings. The summed E-state index contributed by atoms with van der Waals surface area (Å²) in [4.78, 5) is 24.3. The quantitative estimate of drug-likeness (QED) is 0.814. The number of nitrogens with zero attached hydrogens (tertiary/aromatic N) is 1. The van der Waals surface area contributed by atoms with Crippen LogP contribution in [0.15, 0.2) is 38.5 Å². The van der Waals surface area contributed by atoms with Crippen molar-refractivity contribution in [2.45, 2.75) is 6.54 Å². The molecule has 0 atom stereocenters. The molecule has 0 saturated heterocycles. The lowest BCUT2D eigenvalue weighted by Gasteiger charge is -2.09. The van der Waals surface area contributed by atoms with Gasteiger partial charge in [0.2, 0.25) is 5.82 Å². The highest BCUT2D eigenvalue weighted by Crippen LogP contribution is 2.22. The molecule has 0 aliphatic heterocycles. The van der Waals surface area contributed by atoms with Gasteiger partial charge in [0.15, 0.2) is 0 Å². The number of benzene rings is 1. The van der Waals surface area contributed by atoms with E-state index in [1.165, 1.54) is 0 Å². The summed E-state index contributed by atoms with van der Waals surface area (Å²) in [6, 6.07) is 5.19. The molecule has 2 aromatic rings. The van der Waals surface area contributed by atoms with Crippen LogP contribution in [0.4, 0.5) is 10.1 Å². The van der Waals surface area contributed by atoms with E-state index < -0.39 is 17.1 Å². The molecule has 0 spiro atoms.